The van der Waals surface area contributed by atoms with Crippen molar-refractivity contribution in [2.45, 2.75) is 51.7 Å². The van der Waals surface area contributed by atoms with Gasteiger partial charge in [-0.25, -0.2) is 0 Å². The fourth-order valence-electron chi connectivity index (χ4n) is 3.82. The molecule has 1 aliphatic carbocycles. The summed E-state index contributed by atoms with van der Waals surface area (Å²) in [6, 6.07) is 10.4. The Bertz CT molecular complexity index is 487. The summed E-state index contributed by atoms with van der Waals surface area (Å²) in [5.41, 5.74) is 1.20. The van der Waals surface area contributed by atoms with E-state index >= 15 is 0 Å². The summed E-state index contributed by atoms with van der Waals surface area (Å²) in [5.74, 6) is 1.69. The molecule has 0 radical (unpaired) electrons. The van der Waals surface area contributed by atoms with E-state index in [9.17, 15) is 4.79 Å². The van der Waals surface area contributed by atoms with Crippen LogP contribution in [0.15, 0.2) is 30.3 Å². The van der Waals surface area contributed by atoms with Gasteiger partial charge in [0.2, 0.25) is 5.91 Å². The number of carbonyl (C=O) groups excluding carboxylic acids is 1. The Morgan fingerprint density at radius 2 is 2.00 bits per heavy atom. The summed E-state index contributed by atoms with van der Waals surface area (Å²) in [6.07, 6.45) is 4.81. The van der Waals surface area contributed by atoms with Gasteiger partial charge < -0.3 is 4.90 Å². The average Bonchev–Trinajstić information content (AvgIpc) is 3.05. The number of nitrogens with zero attached hydrogens (tertiary/aromatic N) is 1. The van der Waals surface area contributed by atoms with Crippen molar-refractivity contribution in [3.63, 3.8) is 0 Å². The molecule has 4 atom stereocenters. The van der Waals surface area contributed by atoms with Crippen molar-refractivity contribution in [1.29, 1.82) is 0 Å². The van der Waals surface area contributed by atoms with Crippen LogP contribution in [0.1, 0.15) is 51.3 Å². The van der Waals surface area contributed by atoms with Crippen LogP contribution in [0, 0.1) is 11.8 Å². The van der Waals surface area contributed by atoms with Crippen LogP contribution in [0.3, 0.4) is 0 Å². The summed E-state index contributed by atoms with van der Waals surface area (Å²) < 4.78 is 0. The summed E-state index contributed by atoms with van der Waals surface area (Å²) in [7, 11) is 0. The van der Waals surface area contributed by atoms with Crippen molar-refractivity contribution in [3.05, 3.63) is 35.9 Å². The Hall–Kier alpha value is -1.35. The van der Waals surface area contributed by atoms with Crippen molar-refractivity contribution in [1.82, 2.24) is 10.2 Å². The molecule has 114 valence electrons. The quantitative estimate of drug-likeness (QED) is 0.921. The van der Waals surface area contributed by atoms with Gasteiger partial charge >= 0.3 is 0 Å². The number of nitrogens with one attached hydrogen (secondary N) is 1. The maximum absolute atomic E-state index is 12.7. The molecule has 0 bridgehead atoms. The molecule has 1 heterocycles. The number of hydrogen-bond acceptors (Lipinski definition) is 2. The van der Waals surface area contributed by atoms with Crippen LogP contribution in [0.4, 0.5) is 0 Å². The first-order chi connectivity index (χ1) is 10.2. The maximum Gasteiger partial charge on any atom is 0.241 e. The second-order valence-electron chi connectivity index (χ2n) is 6.60. The molecule has 1 saturated heterocycles. The lowest BCUT2D eigenvalue weighted by Gasteiger charge is -2.29. The van der Waals surface area contributed by atoms with E-state index in [0.29, 0.717) is 5.92 Å². The normalized spacial score (nSPS) is 32.9. The molecular formula is C18H26N2O. The van der Waals surface area contributed by atoms with Crippen molar-refractivity contribution < 1.29 is 4.79 Å². The van der Waals surface area contributed by atoms with Gasteiger partial charge in [-0.15, -0.1) is 0 Å². The monoisotopic (exact) mass is 286 g/mol. The van der Waals surface area contributed by atoms with Crippen LogP contribution in [0.5, 0.6) is 0 Å². The highest BCUT2D eigenvalue weighted by Crippen LogP contribution is 2.35. The summed E-state index contributed by atoms with van der Waals surface area (Å²) in [4.78, 5) is 14.8. The predicted molar refractivity (Wildman–Crippen MR) is 84.6 cm³/mol. The van der Waals surface area contributed by atoms with Crippen molar-refractivity contribution >= 4 is 5.91 Å². The molecule has 1 amide bonds. The second kappa shape index (κ2) is 6.18. The van der Waals surface area contributed by atoms with Gasteiger partial charge in [0.15, 0.2) is 0 Å². The zero-order valence-corrected chi connectivity index (χ0v) is 13.1. The zero-order chi connectivity index (χ0) is 14.8. The van der Waals surface area contributed by atoms with E-state index in [1.54, 1.807) is 0 Å². The molecule has 1 saturated carbocycles. The Morgan fingerprint density at radius 1 is 1.24 bits per heavy atom. The second-order valence-corrected chi connectivity index (χ2v) is 6.60. The van der Waals surface area contributed by atoms with E-state index in [-0.39, 0.29) is 18.1 Å². The van der Waals surface area contributed by atoms with Gasteiger partial charge in [0, 0.05) is 6.54 Å². The number of hydrogen-bond donors (Lipinski definition) is 1. The minimum absolute atomic E-state index is 0.0214. The highest BCUT2D eigenvalue weighted by molar-refractivity contribution is 5.84. The Kier molecular flexibility index (Phi) is 4.29. The average molecular weight is 286 g/mol. The molecule has 2 fully saturated rings. The van der Waals surface area contributed by atoms with Crippen LogP contribution < -0.4 is 5.32 Å². The molecule has 1 aromatic carbocycles. The molecule has 2 aliphatic rings. The first-order valence-electron chi connectivity index (χ1n) is 8.32. The van der Waals surface area contributed by atoms with E-state index in [1.807, 2.05) is 6.07 Å². The standard InChI is InChI=1S/C18H26N2O/c1-3-16-18(21)20(12-15-11-7-8-13(15)2)17(19-16)14-9-5-4-6-10-14/h4-6,9-10,13,15-17,19H,3,7-8,11-12H2,1-2H3. The first-order valence-corrected chi connectivity index (χ1v) is 8.32. The summed E-state index contributed by atoms with van der Waals surface area (Å²) >= 11 is 0. The number of rotatable bonds is 4. The van der Waals surface area contributed by atoms with E-state index in [4.69, 9.17) is 0 Å². The third-order valence-corrected chi connectivity index (χ3v) is 5.25. The lowest BCUT2D eigenvalue weighted by atomic mass is 9.97. The lowest BCUT2D eigenvalue weighted by Crippen LogP contribution is -2.36. The van der Waals surface area contributed by atoms with Crippen molar-refractivity contribution in [3.8, 4) is 0 Å². The Labute approximate surface area is 127 Å². The smallest absolute Gasteiger partial charge is 0.241 e. The largest absolute Gasteiger partial charge is 0.321 e. The molecule has 3 heteroatoms. The minimum Gasteiger partial charge on any atom is -0.321 e. The topological polar surface area (TPSA) is 32.3 Å². The van der Waals surface area contributed by atoms with E-state index in [2.05, 4.69) is 48.3 Å². The zero-order valence-electron chi connectivity index (χ0n) is 13.1. The molecule has 4 unspecified atom stereocenters. The van der Waals surface area contributed by atoms with E-state index < -0.39 is 0 Å². The summed E-state index contributed by atoms with van der Waals surface area (Å²) in [6.45, 7) is 5.32. The van der Waals surface area contributed by atoms with Crippen LogP contribution in [0.2, 0.25) is 0 Å². The highest BCUT2D eigenvalue weighted by Gasteiger charge is 2.40. The fourth-order valence-corrected chi connectivity index (χ4v) is 3.82. The Morgan fingerprint density at radius 3 is 2.62 bits per heavy atom. The first kappa shape index (κ1) is 14.6. The molecule has 0 aromatic heterocycles. The molecule has 21 heavy (non-hydrogen) atoms. The predicted octanol–water partition coefficient (Wildman–Crippen LogP) is 3.33. The van der Waals surface area contributed by atoms with E-state index in [1.165, 1.54) is 24.8 Å². The maximum atomic E-state index is 12.7. The number of benzene rings is 1. The van der Waals surface area contributed by atoms with Crippen molar-refractivity contribution in [2.75, 3.05) is 6.54 Å². The lowest BCUT2D eigenvalue weighted by molar-refractivity contribution is -0.130. The minimum atomic E-state index is -0.0214. The van der Waals surface area contributed by atoms with Gasteiger partial charge in [0.05, 0.1) is 6.04 Å². The molecule has 3 rings (SSSR count). The van der Waals surface area contributed by atoms with Gasteiger partial charge in [-0.3, -0.25) is 10.1 Å². The third-order valence-electron chi connectivity index (χ3n) is 5.25. The molecule has 1 aromatic rings. The highest BCUT2D eigenvalue weighted by atomic mass is 16.2. The molecule has 3 nitrogen and oxygen atoms in total. The number of carbonyl (C=O) groups is 1. The molecule has 0 spiro atoms. The van der Waals surface area contributed by atoms with Crippen molar-refractivity contribution in [2.24, 2.45) is 11.8 Å². The van der Waals surface area contributed by atoms with Gasteiger partial charge in [-0.2, -0.15) is 0 Å². The van der Waals surface area contributed by atoms with Crippen LogP contribution >= 0.6 is 0 Å². The van der Waals surface area contributed by atoms with Gasteiger partial charge in [0.25, 0.3) is 0 Å². The van der Waals surface area contributed by atoms with Crippen LogP contribution in [-0.4, -0.2) is 23.4 Å². The summed E-state index contributed by atoms with van der Waals surface area (Å²) in [5, 5.41) is 3.52. The van der Waals surface area contributed by atoms with Crippen LogP contribution in [0.25, 0.3) is 0 Å². The fraction of sp³-hybridized carbons (Fsp3) is 0.611. The van der Waals surface area contributed by atoms with Gasteiger partial charge in [0.1, 0.15) is 6.17 Å². The van der Waals surface area contributed by atoms with Gasteiger partial charge in [-0.1, -0.05) is 57.0 Å². The third kappa shape index (κ3) is 2.84. The Balaban J connectivity index is 1.81. The van der Waals surface area contributed by atoms with E-state index in [0.717, 1.165) is 18.9 Å². The SMILES string of the molecule is CCC1NC(c2ccccc2)N(CC2CCCC2C)C1=O. The van der Waals surface area contributed by atoms with Crippen LogP contribution in [-0.2, 0) is 4.79 Å². The number of amides is 1. The molecule has 1 aliphatic heterocycles. The molecular weight excluding hydrogens is 260 g/mol. The van der Waals surface area contributed by atoms with Gasteiger partial charge in [-0.05, 0) is 30.2 Å². The molecule has 1 N–H and O–H groups in total.